The van der Waals surface area contributed by atoms with E-state index in [-0.39, 0.29) is 5.15 Å². The Balaban J connectivity index is 3.47. The van der Waals surface area contributed by atoms with Crippen LogP contribution in [-0.2, 0) is 6.61 Å². The van der Waals surface area contributed by atoms with Crippen molar-refractivity contribution in [3.8, 4) is 0 Å². The maximum atomic E-state index is 12.4. The standard InChI is InChI=1S/C7H5ClF2N2O3/c8-5-1-3(7(9)10)6(12(14)15)4(2-13)11-5/h1,7,13H,2H2. The minimum atomic E-state index is -3.05. The van der Waals surface area contributed by atoms with Gasteiger partial charge in [-0.2, -0.15) is 0 Å². The first kappa shape index (κ1) is 11.7. The quantitative estimate of drug-likeness (QED) is 0.497. The van der Waals surface area contributed by atoms with E-state index in [1.165, 1.54) is 0 Å². The summed E-state index contributed by atoms with van der Waals surface area (Å²) >= 11 is 5.37. The highest BCUT2D eigenvalue weighted by Crippen LogP contribution is 2.32. The Morgan fingerprint density at radius 1 is 1.67 bits per heavy atom. The molecule has 5 nitrogen and oxygen atoms in total. The zero-order valence-corrected chi connectivity index (χ0v) is 7.91. The van der Waals surface area contributed by atoms with Crippen LogP contribution in [0.5, 0.6) is 0 Å². The zero-order chi connectivity index (χ0) is 11.6. The Bertz CT molecular complexity index is 400. The summed E-state index contributed by atoms with van der Waals surface area (Å²) in [6, 6.07) is 0.712. The van der Waals surface area contributed by atoms with Gasteiger partial charge in [0.15, 0.2) is 0 Å². The second kappa shape index (κ2) is 4.45. The number of aromatic nitrogens is 1. The number of hydrogen-bond acceptors (Lipinski definition) is 4. The van der Waals surface area contributed by atoms with E-state index in [1.807, 2.05) is 0 Å². The maximum absolute atomic E-state index is 12.4. The highest BCUT2D eigenvalue weighted by Gasteiger charge is 2.27. The van der Waals surface area contributed by atoms with Crippen LogP contribution in [0.15, 0.2) is 6.07 Å². The van der Waals surface area contributed by atoms with Crippen LogP contribution >= 0.6 is 11.6 Å². The Labute approximate surface area is 87.5 Å². The zero-order valence-electron chi connectivity index (χ0n) is 7.15. The van der Waals surface area contributed by atoms with Gasteiger partial charge in [0.1, 0.15) is 16.4 Å². The average molecular weight is 239 g/mol. The van der Waals surface area contributed by atoms with Gasteiger partial charge in [-0.25, -0.2) is 13.8 Å². The molecular formula is C7H5ClF2N2O3. The lowest BCUT2D eigenvalue weighted by Crippen LogP contribution is -2.04. The van der Waals surface area contributed by atoms with Gasteiger partial charge in [0, 0.05) is 0 Å². The summed E-state index contributed by atoms with van der Waals surface area (Å²) in [4.78, 5) is 12.9. The molecule has 0 aliphatic rings. The van der Waals surface area contributed by atoms with Crippen LogP contribution in [0.1, 0.15) is 17.7 Å². The molecule has 0 bridgehead atoms. The summed E-state index contributed by atoms with van der Waals surface area (Å²) in [5, 5.41) is 18.9. The summed E-state index contributed by atoms with van der Waals surface area (Å²) in [5.74, 6) is 0. The second-order valence-electron chi connectivity index (χ2n) is 2.55. The largest absolute Gasteiger partial charge is 0.390 e. The average Bonchev–Trinajstić information content (AvgIpc) is 2.15. The van der Waals surface area contributed by atoms with E-state index < -0.39 is 34.9 Å². The number of pyridine rings is 1. The minimum absolute atomic E-state index is 0.319. The molecule has 1 aromatic rings. The fraction of sp³-hybridized carbons (Fsp3) is 0.286. The minimum Gasteiger partial charge on any atom is -0.390 e. The van der Waals surface area contributed by atoms with Gasteiger partial charge in [0.25, 0.3) is 6.43 Å². The summed E-state index contributed by atoms with van der Waals surface area (Å²) in [5.41, 5.74) is -2.20. The molecule has 82 valence electrons. The molecule has 1 rings (SSSR count). The van der Waals surface area contributed by atoms with Gasteiger partial charge < -0.3 is 5.11 Å². The van der Waals surface area contributed by atoms with Crippen LogP contribution in [-0.4, -0.2) is 15.0 Å². The van der Waals surface area contributed by atoms with Crippen molar-refractivity contribution in [3.05, 3.63) is 32.6 Å². The van der Waals surface area contributed by atoms with E-state index in [1.54, 1.807) is 0 Å². The van der Waals surface area contributed by atoms with Crippen molar-refractivity contribution in [1.29, 1.82) is 0 Å². The van der Waals surface area contributed by atoms with E-state index in [0.717, 1.165) is 0 Å². The number of rotatable bonds is 3. The van der Waals surface area contributed by atoms with Gasteiger partial charge in [-0.15, -0.1) is 0 Å². The molecule has 0 saturated heterocycles. The van der Waals surface area contributed by atoms with Crippen molar-refractivity contribution in [3.63, 3.8) is 0 Å². The van der Waals surface area contributed by atoms with Crippen LogP contribution in [0.4, 0.5) is 14.5 Å². The first-order valence-corrected chi connectivity index (χ1v) is 4.08. The van der Waals surface area contributed by atoms with Crippen molar-refractivity contribution in [1.82, 2.24) is 4.98 Å². The molecule has 0 spiro atoms. The number of halogens is 3. The Hall–Kier alpha value is -1.34. The molecule has 0 aliphatic heterocycles. The monoisotopic (exact) mass is 238 g/mol. The first-order chi connectivity index (χ1) is 6.97. The molecule has 0 atom stereocenters. The lowest BCUT2D eigenvalue weighted by molar-refractivity contribution is -0.387. The van der Waals surface area contributed by atoms with Gasteiger partial charge in [-0.3, -0.25) is 10.1 Å². The van der Waals surface area contributed by atoms with Crippen LogP contribution in [0.25, 0.3) is 0 Å². The van der Waals surface area contributed by atoms with Crippen molar-refractivity contribution < 1.29 is 18.8 Å². The lowest BCUT2D eigenvalue weighted by Gasteiger charge is -2.05. The third-order valence-corrected chi connectivity index (χ3v) is 1.82. The van der Waals surface area contributed by atoms with Crippen molar-refractivity contribution in [2.45, 2.75) is 13.0 Å². The summed E-state index contributed by atoms with van der Waals surface area (Å²) in [7, 11) is 0. The number of hydrogen-bond donors (Lipinski definition) is 1. The Morgan fingerprint density at radius 2 is 2.27 bits per heavy atom. The molecule has 1 heterocycles. The third-order valence-electron chi connectivity index (χ3n) is 1.63. The normalized spacial score (nSPS) is 10.7. The summed E-state index contributed by atoms with van der Waals surface area (Å²) < 4.78 is 24.8. The van der Waals surface area contributed by atoms with Crippen LogP contribution in [0, 0.1) is 10.1 Å². The van der Waals surface area contributed by atoms with Crippen molar-refractivity contribution >= 4 is 17.3 Å². The Morgan fingerprint density at radius 3 is 2.67 bits per heavy atom. The highest BCUT2D eigenvalue weighted by atomic mass is 35.5. The highest BCUT2D eigenvalue weighted by molar-refractivity contribution is 6.29. The molecule has 0 aromatic carbocycles. The van der Waals surface area contributed by atoms with E-state index in [9.17, 15) is 18.9 Å². The molecular weight excluding hydrogens is 234 g/mol. The van der Waals surface area contributed by atoms with Gasteiger partial charge in [0.2, 0.25) is 0 Å². The van der Waals surface area contributed by atoms with Crippen LogP contribution in [0.2, 0.25) is 5.15 Å². The predicted molar refractivity (Wildman–Crippen MR) is 46.8 cm³/mol. The number of nitrogens with zero attached hydrogens (tertiary/aromatic N) is 2. The van der Waals surface area contributed by atoms with E-state index >= 15 is 0 Å². The number of aliphatic hydroxyl groups is 1. The molecule has 8 heteroatoms. The molecule has 0 saturated carbocycles. The maximum Gasteiger partial charge on any atom is 0.302 e. The molecule has 0 unspecified atom stereocenters. The molecule has 1 aromatic heterocycles. The van der Waals surface area contributed by atoms with Crippen molar-refractivity contribution in [2.24, 2.45) is 0 Å². The van der Waals surface area contributed by atoms with Gasteiger partial charge >= 0.3 is 5.69 Å². The molecule has 0 amide bonds. The smallest absolute Gasteiger partial charge is 0.302 e. The van der Waals surface area contributed by atoms with Gasteiger partial charge in [-0.05, 0) is 6.07 Å². The van der Waals surface area contributed by atoms with E-state index in [4.69, 9.17) is 16.7 Å². The van der Waals surface area contributed by atoms with E-state index in [2.05, 4.69) is 4.98 Å². The fourth-order valence-electron chi connectivity index (χ4n) is 1.06. The second-order valence-corrected chi connectivity index (χ2v) is 2.93. The molecule has 1 N–H and O–H groups in total. The molecule has 0 aliphatic carbocycles. The first-order valence-electron chi connectivity index (χ1n) is 3.70. The molecule has 0 fully saturated rings. The van der Waals surface area contributed by atoms with Crippen LogP contribution in [0.3, 0.4) is 0 Å². The van der Waals surface area contributed by atoms with Gasteiger partial charge in [0.05, 0.1) is 11.5 Å². The SMILES string of the molecule is O=[N+]([O-])c1c(C(F)F)cc(Cl)nc1CO. The van der Waals surface area contributed by atoms with Gasteiger partial charge in [-0.1, -0.05) is 11.6 Å². The third kappa shape index (κ3) is 2.37. The molecule has 15 heavy (non-hydrogen) atoms. The summed E-state index contributed by atoms with van der Waals surface area (Å²) in [6.45, 7) is -0.823. The fourth-order valence-corrected chi connectivity index (χ4v) is 1.28. The number of aliphatic hydroxyl groups excluding tert-OH is 1. The Kier molecular flexibility index (Phi) is 3.48. The summed E-state index contributed by atoms with van der Waals surface area (Å²) in [6.07, 6.45) is -3.05. The van der Waals surface area contributed by atoms with Crippen LogP contribution < -0.4 is 0 Å². The number of alkyl halides is 2. The topological polar surface area (TPSA) is 76.3 Å². The van der Waals surface area contributed by atoms with E-state index in [0.29, 0.717) is 6.07 Å². The predicted octanol–water partition coefficient (Wildman–Crippen LogP) is 2.07. The lowest BCUT2D eigenvalue weighted by atomic mass is 10.2. The number of nitro groups is 1. The van der Waals surface area contributed by atoms with Crippen molar-refractivity contribution in [2.75, 3.05) is 0 Å². The molecule has 0 radical (unpaired) electrons.